The number of imide groups is 1. The molecule has 134 valence electrons. The van der Waals surface area contributed by atoms with Crippen LogP contribution in [0.25, 0.3) is 0 Å². The first-order valence-electron chi connectivity index (χ1n) is 9.18. The van der Waals surface area contributed by atoms with Crippen molar-refractivity contribution in [2.75, 3.05) is 13.2 Å². The van der Waals surface area contributed by atoms with Crippen molar-refractivity contribution in [3.63, 3.8) is 0 Å². The molecule has 2 amide bonds. The van der Waals surface area contributed by atoms with Gasteiger partial charge in [0.05, 0.1) is 23.3 Å². The van der Waals surface area contributed by atoms with E-state index in [0.29, 0.717) is 19.5 Å². The summed E-state index contributed by atoms with van der Waals surface area (Å²) in [4.78, 5) is 31.4. The maximum absolute atomic E-state index is 12.9. The van der Waals surface area contributed by atoms with E-state index in [1.165, 1.54) is 20.2 Å². The fraction of sp³-hybridized carbons (Fsp3) is 0.400. The quantitative estimate of drug-likeness (QED) is 0.650. The van der Waals surface area contributed by atoms with E-state index in [4.69, 9.17) is 0 Å². The van der Waals surface area contributed by atoms with Crippen molar-refractivity contribution in [1.82, 2.24) is 4.90 Å². The Morgan fingerprint density at radius 1 is 1.04 bits per heavy atom. The number of nitrogens with zero attached hydrogens (tertiary/aromatic N) is 1. The second-order valence-electron chi connectivity index (χ2n) is 7.32. The van der Waals surface area contributed by atoms with Crippen LogP contribution in [-0.4, -0.2) is 29.9 Å². The normalized spacial score (nSPS) is 30.5. The van der Waals surface area contributed by atoms with Crippen LogP contribution in [0, 0.1) is 11.8 Å². The SMILES string of the molecule is O=C1[C@H]2CC=CC[C@H]2C(=O)N1C[NH+]1CCc2sccc2[C@@H]1c1cccs1. The molecule has 0 bridgehead atoms. The van der Waals surface area contributed by atoms with Crippen LogP contribution in [0.2, 0.25) is 0 Å². The zero-order valence-electron chi connectivity index (χ0n) is 14.4. The van der Waals surface area contributed by atoms with Crippen LogP contribution in [0.15, 0.2) is 41.1 Å². The van der Waals surface area contributed by atoms with Gasteiger partial charge in [-0.25, -0.2) is 4.90 Å². The van der Waals surface area contributed by atoms with Gasteiger partial charge in [-0.3, -0.25) is 9.59 Å². The van der Waals surface area contributed by atoms with Crippen molar-refractivity contribution in [3.8, 4) is 0 Å². The van der Waals surface area contributed by atoms with Crippen LogP contribution in [0.4, 0.5) is 0 Å². The summed E-state index contributed by atoms with van der Waals surface area (Å²) in [5.41, 5.74) is 1.37. The molecule has 1 unspecified atom stereocenters. The first kappa shape index (κ1) is 16.4. The number of hydrogen-bond acceptors (Lipinski definition) is 4. The number of likely N-dealkylation sites (tertiary alicyclic amines) is 1. The Hall–Kier alpha value is -1.76. The topological polar surface area (TPSA) is 41.8 Å². The Bertz CT molecular complexity index is 844. The van der Waals surface area contributed by atoms with Gasteiger partial charge >= 0.3 is 0 Å². The molecular weight excluding hydrogens is 364 g/mol. The molecule has 5 rings (SSSR count). The molecule has 6 heteroatoms. The molecule has 1 saturated heterocycles. The molecule has 0 radical (unpaired) electrons. The highest BCUT2D eigenvalue weighted by molar-refractivity contribution is 7.10. The molecule has 4 nitrogen and oxygen atoms in total. The van der Waals surface area contributed by atoms with E-state index in [2.05, 4.69) is 41.1 Å². The Morgan fingerprint density at radius 2 is 1.81 bits per heavy atom. The van der Waals surface area contributed by atoms with Gasteiger partial charge in [-0.05, 0) is 35.7 Å². The standard InChI is InChI=1S/C20H20N2O2S2/c23-19-13-4-1-2-5-14(13)20(24)22(19)12-21-9-7-16-15(8-11-26-16)18(21)17-6-3-10-25-17/h1-3,6,8,10-11,13-14,18H,4-5,7,9,12H2/p+1/t13-,14+,18-/m1/s1. The Kier molecular flexibility index (Phi) is 4.07. The van der Waals surface area contributed by atoms with Crippen LogP contribution >= 0.6 is 22.7 Å². The third-order valence-electron chi connectivity index (χ3n) is 5.96. The highest BCUT2D eigenvalue weighted by atomic mass is 32.1. The number of hydrogen-bond donors (Lipinski definition) is 1. The third-order valence-corrected chi connectivity index (χ3v) is 7.89. The van der Waals surface area contributed by atoms with Crippen molar-refractivity contribution in [1.29, 1.82) is 0 Å². The van der Waals surface area contributed by atoms with Gasteiger partial charge in [0, 0.05) is 16.9 Å². The van der Waals surface area contributed by atoms with Crippen LogP contribution in [0.5, 0.6) is 0 Å². The molecule has 2 aromatic rings. The van der Waals surface area contributed by atoms with E-state index in [1.807, 2.05) is 11.3 Å². The molecule has 1 fully saturated rings. The van der Waals surface area contributed by atoms with E-state index >= 15 is 0 Å². The van der Waals surface area contributed by atoms with Crippen LogP contribution in [0.1, 0.15) is 34.2 Å². The molecule has 2 aliphatic heterocycles. The van der Waals surface area contributed by atoms with Gasteiger partial charge in [0.25, 0.3) is 0 Å². The summed E-state index contributed by atoms with van der Waals surface area (Å²) in [5, 5.41) is 4.28. The number of carbonyl (C=O) groups excluding carboxylic acids is 2. The number of allylic oxidation sites excluding steroid dienone is 2. The number of carbonyl (C=O) groups is 2. The van der Waals surface area contributed by atoms with Crippen LogP contribution in [0.3, 0.4) is 0 Å². The predicted octanol–water partition coefficient (Wildman–Crippen LogP) is 2.25. The van der Waals surface area contributed by atoms with E-state index in [0.717, 1.165) is 13.0 Å². The van der Waals surface area contributed by atoms with Gasteiger partial charge in [0.1, 0.15) is 0 Å². The molecule has 0 saturated carbocycles. The summed E-state index contributed by atoms with van der Waals surface area (Å²) in [6, 6.07) is 6.72. The number of quaternary nitrogens is 1. The van der Waals surface area contributed by atoms with Gasteiger partial charge in [0.2, 0.25) is 11.8 Å². The van der Waals surface area contributed by atoms with Gasteiger partial charge in [0.15, 0.2) is 12.7 Å². The number of rotatable bonds is 3. The first-order chi connectivity index (χ1) is 12.7. The summed E-state index contributed by atoms with van der Waals surface area (Å²) in [7, 11) is 0. The monoisotopic (exact) mass is 385 g/mol. The van der Waals surface area contributed by atoms with Crippen molar-refractivity contribution in [2.24, 2.45) is 11.8 Å². The Labute approximate surface area is 160 Å². The lowest BCUT2D eigenvalue weighted by molar-refractivity contribution is -0.934. The molecular formula is C20H21N2O2S2+. The van der Waals surface area contributed by atoms with Gasteiger partial charge in [-0.1, -0.05) is 18.2 Å². The largest absolute Gasteiger partial charge is 0.306 e. The minimum absolute atomic E-state index is 0.0397. The average Bonchev–Trinajstić information content (AvgIpc) is 3.39. The fourth-order valence-corrected chi connectivity index (χ4v) is 6.48. The second-order valence-corrected chi connectivity index (χ2v) is 9.30. The summed E-state index contributed by atoms with van der Waals surface area (Å²) >= 11 is 3.59. The lowest BCUT2D eigenvalue weighted by atomic mass is 9.85. The van der Waals surface area contributed by atoms with Crippen molar-refractivity contribution in [2.45, 2.75) is 25.3 Å². The van der Waals surface area contributed by atoms with Crippen molar-refractivity contribution in [3.05, 3.63) is 56.4 Å². The summed E-state index contributed by atoms with van der Waals surface area (Å²) in [6.07, 6.45) is 6.55. The molecule has 1 aliphatic carbocycles. The maximum atomic E-state index is 12.9. The molecule has 26 heavy (non-hydrogen) atoms. The van der Waals surface area contributed by atoms with Crippen molar-refractivity contribution < 1.29 is 14.5 Å². The Balaban J connectivity index is 1.45. The van der Waals surface area contributed by atoms with Gasteiger partial charge in [-0.15, -0.1) is 22.7 Å². The minimum Gasteiger partial charge on any atom is -0.306 e. The lowest BCUT2D eigenvalue weighted by Crippen LogP contribution is -3.15. The molecule has 4 heterocycles. The van der Waals surface area contributed by atoms with Gasteiger partial charge < -0.3 is 4.90 Å². The number of thiophene rings is 2. The summed E-state index contributed by atoms with van der Waals surface area (Å²) in [6.45, 7) is 1.45. The first-order valence-corrected chi connectivity index (χ1v) is 10.9. The van der Waals surface area contributed by atoms with E-state index in [9.17, 15) is 9.59 Å². The second kappa shape index (κ2) is 6.44. The summed E-state index contributed by atoms with van der Waals surface area (Å²) in [5.74, 6) is -0.182. The number of nitrogens with one attached hydrogen (secondary N) is 1. The zero-order chi connectivity index (χ0) is 17.7. The highest BCUT2D eigenvalue weighted by Crippen LogP contribution is 2.35. The molecule has 1 N–H and O–H groups in total. The smallest absolute Gasteiger partial charge is 0.237 e. The van der Waals surface area contributed by atoms with Crippen molar-refractivity contribution >= 4 is 34.5 Å². The van der Waals surface area contributed by atoms with Crippen LogP contribution < -0.4 is 4.90 Å². The predicted molar refractivity (Wildman–Crippen MR) is 102 cm³/mol. The highest BCUT2D eigenvalue weighted by Gasteiger charge is 2.49. The lowest BCUT2D eigenvalue weighted by Gasteiger charge is -2.34. The zero-order valence-corrected chi connectivity index (χ0v) is 16.0. The van der Waals surface area contributed by atoms with Gasteiger partial charge in [-0.2, -0.15) is 0 Å². The number of amides is 2. The minimum atomic E-state index is -0.131. The molecule has 4 atom stereocenters. The molecule has 0 spiro atoms. The summed E-state index contributed by atoms with van der Waals surface area (Å²) < 4.78 is 0. The maximum Gasteiger partial charge on any atom is 0.237 e. The Morgan fingerprint density at radius 3 is 2.50 bits per heavy atom. The van der Waals surface area contributed by atoms with E-state index in [1.54, 1.807) is 16.2 Å². The van der Waals surface area contributed by atoms with Crippen LogP contribution in [-0.2, 0) is 16.0 Å². The third kappa shape index (κ3) is 2.51. The van der Waals surface area contributed by atoms with E-state index < -0.39 is 0 Å². The van der Waals surface area contributed by atoms with E-state index in [-0.39, 0.29) is 29.7 Å². The fourth-order valence-electron chi connectivity index (χ4n) is 4.66. The molecule has 2 aromatic heterocycles. The average molecular weight is 386 g/mol. The molecule has 3 aliphatic rings. The number of fused-ring (bicyclic) bond motifs is 2. The molecule has 0 aromatic carbocycles.